The van der Waals surface area contributed by atoms with Crippen molar-refractivity contribution in [2.75, 3.05) is 21.1 Å². The predicted molar refractivity (Wildman–Crippen MR) is 164 cm³/mol. The highest BCUT2D eigenvalue weighted by atomic mass is 19.1. The minimum absolute atomic E-state index is 0.147. The van der Waals surface area contributed by atoms with Crippen molar-refractivity contribution in [1.29, 1.82) is 0 Å². The highest BCUT2D eigenvalue weighted by Crippen LogP contribution is 2.20. The lowest BCUT2D eigenvalue weighted by atomic mass is 9.98. The van der Waals surface area contributed by atoms with Gasteiger partial charge in [-0.05, 0) is 60.4 Å². The normalized spacial score (nSPS) is 12.9. The molecule has 3 N–H and O–H groups in total. The maximum atomic E-state index is 14.1. The largest absolute Gasteiger partial charge is 0.465 e. The van der Waals surface area contributed by atoms with Crippen LogP contribution in [-0.4, -0.2) is 77.5 Å². The van der Waals surface area contributed by atoms with E-state index < -0.39 is 47.3 Å². The molecule has 0 aliphatic heterocycles. The topological polar surface area (TPSA) is 119 Å². The van der Waals surface area contributed by atoms with E-state index in [4.69, 9.17) is 5.11 Å². The summed E-state index contributed by atoms with van der Waals surface area (Å²) >= 11 is 0. The molecular formula is C33H39FN4O5. The molecule has 0 spiro atoms. The summed E-state index contributed by atoms with van der Waals surface area (Å²) in [5.41, 5.74) is 0.699. The molecule has 3 aromatic rings. The molecule has 2 atom stereocenters. The smallest absolute Gasteiger partial charge is 0.405 e. The summed E-state index contributed by atoms with van der Waals surface area (Å²) in [5, 5.41) is 16.1. The molecule has 0 unspecified atom stereocenters. The van der Waals surface area contributed by atoms with Crippen LogP contribution in [0.1, 0.15) is 31.4 Å². The van der Waals surface area contributed by atoms with Crippen molar-refractivity contribution in [2.24, 2.45) is 0 Å². The molecule has 0 saturated heterocycles. The van der Waals surface area contributed by atoms with Crippen LogP contribution in [0.5, 0.6) is 0 Å². The first-order chi connectivity index (χ1) is 20.3. The van der Waals surface area contributed by atoms with Gasteiger partial charge in [-0.2, -0.15) is 0 Å². The molecule has 0 heterocycles. The quantitative estimate of drug-likeness (QED) is 0.274. The summed E-state index contributed by atoms with van der Waals surface area (Å²) in [6, 6.07) is 17.5. The lowest BCUT2D eigenvalue weighted by Crippen LogP contribution is -2.55. The van der Waals surface area contributed by atoms with Crippen molar-refractivity contribution in [3.8, 4) is 0 Å². The second kappa shape index (κ2) is 14.4. The number of nitrogens with one attached hydrogen (secondary N) is 2. The number of rotatable bonds is 12. The summed E-state index contributed by atoms with van der Waals surface area (Å²) in [5.74, 6) is -1.70. The molecule has 0 radical (unpaired) electrons. The minimum Gasteiger partial charge on any atom is -0.465 e. The molecule has 4 amide bonds. The number of nitrogens with zero attached hydrogens (tertiary/aromatic N) is 2. The zero-order valence-electron chi connectivity index (χ0n) is 25.1. The third-order valence-electron chi connectivity index (χ3n) is 7.38. The molecule has 3 aromatic carbocycles. The summed E-state index contributed by atoms with van der Waals surface area (Å²) in [7, 11) is 4.53. The van der Waals surface area contributed by atoms with E-state index in [1.165, 1.54) is 49.2 Å². The lowest BCUT2D eigenvalue weighted by molar-refractivity contribution is -0.146. The molecule has 3 rings (SSSR count). The van der Waals surface area contributed by atoms with Crippen LogP contribution in [0.2, 0.25) is 0 Å². The first-order valence-electron chi connectivity index (χ1n) is 14.0. The van der Waals surface area contributed by atoms with Gasteiger partial charge < -0.3 is 25.5 Å². The Bertz CT molecular complexity index is 1490. The molecule has 0 aromatic heterocycles. The van der Waals surface area contributed by atoms with E-state index in [-0.39, 0.29) is 19.3 Å². The van der Waals surface area contributed by atoms with Crippen molar-refractivity contribution >= 4 is 34.6 Å². The number of carbonyl (C=O) groups is 4. The zero-order chi connectivity index (χ0) is 31.7. The van der Waals surface area contributed by atoms with E-state index in [0.717, 1.165) is 16.3 Å². The van der Waals surface area contributed by atoms with Crippen LogP contribution in [-0.2, 0) is 27.2 Å². The molecule has 10 heteroatoms. The number of hydrogen-bond donors (Lipinski definition) is 3. The van der Waals surface area contributed by atoms with Crippen LogP contribution in [0.25, 0.3) is 10.8 Å². The van der Waals surface area contributed by atoms with Gasteiger partial charge in [0.25, 0.3) is 0 Å². The summed E-state index contributed by atoms with van der Waals surface area (Å²) in [4.78, 5) is 54.1. The Morgan fingerprint density at radius 2 is 1.49 bits per heavy atom. The van der Waals surface area contributed by atoms with Crippen LogP contribution in [0.4, 0.5) is 9.18 Å². The van der Waals surface area contributed by atoms with Gasteiger partial charge in [-0.15, -0.1) is 0 Å². The number of carboxylic acid groups (broad SMARTS) is 1. The number of hydrogen-bond acceptors (Lipinski definition) is 4. The molecule has 0 aliphatic rings. The maximum absolute atomic E-state index is 14.1. The molecule has 228 valence electrons. The van der Waals surface area contributed by atoms with Crippen LogP contribution < -0.4 is 10.6 Å². The lowest BCUT2D eigenvalue weighted by Gasteiger charge is -2.34. The molecule has 0 saturated carbocycles. The Balaban J connectivity index is 1.92. The summed E-state index contributed by atoms with van der Waals surface area (Å²) in [6.07, 6.45) is 2.30. The van der Waals surface area contributed by atoms with Crippen LogP contribution in [0, 0.1) is 5.82 Å². The number of likely N-dealkylation sites (N-methyl/N-ethyl adjacent to an activating group) is 3. The van der Waals surface area contributed by atoms with Gasteiger partial charge in [0.2, 0.25) is 17.7 Å². The maximum Gasteiger partial charge on any atom is 0.405 e. The van der Waals surface area contributed by atoms with E-state index in [9.17, 15) is 23.6 Å². The first-order valence-corrected chi connectivity index (χ1v) is 14.0. The predicted octanol–water partition coefficient (Wildman–Crippen LogP) is 4.16. The van der Waals surface area contributed by atoms with E-state index in [2.05, 4.69) is 10.6 Å². The van der Waals surface area contributed by atoms with Crippen molar-refractivity contribution in [1.82, 2.24) is 20.4 Å². The molecule has 0 bridgehead atoms. The Hall–Kier alpha value is -4.73. The van der Waals surface area contributed by atoms with Gasteiger partial charge in [0.15, 0.2) is 0 Å². The Morgan fingerprint density at radius 3 is 2.12 bits per heavy atom. The van der Waals surface area contributed by atoms with Crippen molar-refractivity contribution < 1.29 is 28.7 Å². The van der Waals surface area contributed by atoms with Crippen molar-refractivity contribution in [3.63, 3.8) is 0 Å². The fraction of sp³-hybridized carbons (Fsp3) is 0.333. The third kappa shape index (κ3) is 9.13. The molecule has 9 nitrogen and oxygen atoms in total. The van der Waals surface area contributed by atoms with Gasteiger partial charge in [0.1, 0.15) is 17.9 Å². The van der Waals surface area contributed by atoms with Gasteiger partial charge in [-0.1, -0.05) is 60.7 Å². The molecular weight excluding hydrogens is 551 g/mol. The van der Waals surface area contributed by atoms with E-state index in [0.29, 0.717) is 5.56 Å². The zero-order valence-corrected chi connectivity index (χ0v) is 25.1. The number of benzene rings is 3. The number of fused-ring (bicyclic) bond motifs is 1. The second-order valence-electron chi connectivity index (χ2n) is 11.2. The number of halogens is 1. The summed E-state index contributed by atoms with van der Waals surface area (Å²) < 4.78 is 13.5. The molecule has 0 fully saturated rings. The summed E-state index contributed by atoms with van der Waals surface area (Å²) in [6.45, 7) is 3.39. The van der Waals surface area contributed by atoms with E-state index in [1.54, 1.807) is 32.1 Å². The van der Waals surface area contributed by atoms with Crippen LogP contribution >= 0.6 is 0 Å². The number of carbonyl (C=O) groups excluding carboxylic acids is 3. The molecule has 43 heavy (non-hydrogen) atoms. The fourth-order valence-corrected chi connectivity index (χ4v) is 4.85. The van der Waals surface area contributed by atoms with Crippen LogP contribution in [0.3, 0.4) is 0 Å². The van der Waals surface area contributed by atoms with Crippen LogP contribution in [0.15, 0.2) is 78.9 Å². The van der Waals surface area contributed by atoms with Crippen molar-refractivity contribution in [2.45, 2.75) is 50.7 Å². The molecule has 0 aliphatic carbocycles. The van der Waals surface area contributed by atoms with Gasteiger partial charge in [-0.3, -0.25) is 14.4 Å². The average Bonchev–Trinajstić information content (AvgIpc) is 2.97. The fourth-order valence-electron chi connectivity index (χ4n) is 4.85. The average molecular weight is 591 g/mol. The first kappa shape index (κ1) is 32.8. The highest BCUT2D eigenvalue weighted by molar-refractivity contribution is 5.95. The standard InChI is InChI=1S/C33H39FN4O5/c1-33(2,36-32(42)43)18-8-11-29(39)37(4)28(21-23-12-15-24-9-6-7-10-25(24)19-23)31(41)38(5)27(30(40)35-3)20-22-13-16-26(34)17-14-22/h6-17,19,27-28,36H,18,20-21H2,1-5H3,(H,35,40)(H,42,43)/t27-,28-/m1/s1. The number of amides is 4. The second-order valence-corrected chi connectivity index (χ2v) is 11.2. The van der Waals surface area contributed by atoms with Gasteiger partial charge in [0, 0.05) is 39.5 Å². The minimum atomic E-state index is -1.17. The monoisotopic (exact) mass is 590 g/mol. The Morgan fingerprint density at radius 1 is 0.884 bits per heavy atom. The van der Waals surface area contributed by atoms with E-state index in [1.807, 2.05) is 42.5 Å². The van der Waals surface area contributed by atoms with Crippen molar-refractivity contribution in [3.05, 3.63) is 95.8 Å². The van der Waals surface area contributed by atoms with Gasteiger partial charge in [-0.25, -0.2) is 9.18 Å². The van der Waals surface area contributed by atoms with Gasteiger partial charge >= 0.3 is 6.09 Å². The SMILES string of the molecule is CNC(=O)[C@@H](Cc1ccc(F)cc1)N(C)C(=O)[C@@H](Cc1ccc2ccccc2c1)N(C)C(=O)C=CCC(C)(C)NC(=O)O. The highest BCUT2D eigenvalue weighted by Gasteiger charge is 2.34. The van der Waals surface area contributed by atoms with E-state index >= 15 is 0 Å². The van der Waals surface area contributed by atoms with Gasteiger partial charge in [0.05, 0.1) is 0 Å². The third-order valence-corrected chi connectivity index (χ3v) is 7.38. The Kier molecular flexibility index (Phi) is 11.0. The Labute approximate surface area is 251 Å².